The first-order chi connectivity index (χ1) is 7.53. The topological polar surface area (TPSA) is 71.3 Å². The zero-order valence-electron chi connectivity index (χ0n) is 11.5. The molecule has 0 saturated heterocycles. The van der Waals surface area contributed by atoms with E-state index in [1.165, 1.54) is 0 Å². The van der Waals surface area contributed by atoms with Crippen molar-refractivity contribution in [2.75, 3.05) is 6.61 Å². The Kier molecular flexibility index (Phi) is 5.43. The molecule has 0 aromatic heterocycles. The van der Waals surface area contributed by atoms with Crippen molar-refractivity contribution in [3.8, 4) is 6.07 Å². The first kappa shape index (κ1) is 15.7. The molecule has 0 radical (unpaired) electrons. The summed E-state index contributed by atoms with van der Waals surface area (Å²) < 4.78 is 10.5. The van der Waals surface area contributed by atoms with Crippen molar-refractivity contribution < 1.29 is 14.3 Å². The van der Waals surface area contributed by atoms with Crippen LogP contribution in [0.1, 0.15) is 41.5 Å². The summed E-state index contributed by atoms with van der Waals surface area (Å²) in [5.74, 6) is 0. The average Bonchev–Trinajstić information content (AvgIpc) is 2.07. The fourth-order valence-corrected chi connectivity index (χ4v) is 0.894. The Bertz CT molecular complexity index is 294. The molecule has 1 amide bonds. The molecule has 0 aliphatic carbocycles. The number of carbonyl (C=O) groups excluding carboxylic acids is 1. The number of nitrogens with one attached hydrogen (secondary N) is 1. The van der Waals surface area contributed by atoms with Crippen molar-refractivity contribution in [3.63, 3.8) is 0 Å². The van der Waals surface area contributed by atoms with E-state index < -0.39 is 17.7 Å². The number of amides is 1. The third-order valence-electron chi connectivity index (χ3n) is 1.53. The molecule has 1 N–H and O–H groups in total. The van der Waals surface area contributed by atoms with Crippen molar-refractivity contribution in [1.29, 1.82) is 5.26 Å². The van der Waals surface area contributed by atoms with Crippen LogP contribution in [0.3, 0.4) is 0 Å². The Hall–Kier alpha value is -1.28. The van der Waals surface area contributed by atoms with Crippen LogP contribution >= 0.6 is 0 Å². The van der Waals surface area contributed by atoms with Gasteiger partial charge in [0.2, 0.25) is 0 Å². The first-order valence-electron chi connectivity index (χ1n) is 5.56. The molecule has 5 nitrogen and oxygen atoms in total. The van der Waals surface area contributed by atoms with E-state index in [2.05, 4.69) is 5.32 Å². The average molecular weight is 242 g/mol. The molecule has 17 heavy (non-hydrogen) atoms. The summed E-state index contributed by atoms with van der Waals surface area (Å²) in [7, 11) is 0. The summed E-state index contributed by atoms with van der Waals surface area (Å²) in [4.78, 5) is 11.4. The maximum atomic E-state index is 11.4. The Morgan fingerprint density at radius 2 is 1.76 bits per heavy atom. The summed E-state index contributed by atoms with van der Waals surface area (Å²) in [5, 5.41) is 11.3. The lowest BCUT2D eigenvalue weighted by Crippen LogP contribution is -2.42. The number of carbonyl (C=O) groups is 1. The highest BCUT2D eigenvalue weighted by atomic mass is 16.6. The summed E-state index contributed by atoms with van der Waals surface area (Å²) in [6, 6.07) is 1.25. The van der Waals surface area contributed by atoms with E-state index in [1.54, 1.807) is 20.8 Å². The molecule has 0 aromatic carbocycles. The van der Waals surface area contributed by atoms with Gasteiger partial charge in [0.1, 0.15) is 11.6 Å². The summed E-state index contributed by atoms with van der Waals surface area (Å²) >= 11 is 0. The molecule has 0 bridgehead atoms. The smallest absolute Gasteiger partial charge is 0.408 e. The minimum absolute atomic E-state index is 0.138. The predicted octanol–water partition coefficient (Wildman–Crippen LogP) is 2.22. The van der Waals surface area contributed by atoms with E-state index in [1.807, 2.05) is 26.8 Å². The van der Waals surface area contributed by atoms with E-state index in [4.69, 9.17) is 14.7 Å². The van der Waals surface area contributed by atoms with Crippen LogP contribution in [-0.4, -0.2) is 29.9 Å². The summed E-state index contributed by atoms with van der Waals surface area (Å²) in [5.41, 5.74) is -0.917. The predicted molar refractivity (Wildman–Crippen MR) is 64.5 cm³/mol. The van der Waals surface area contributed by atoms with Crippen LogP contribution in [0.4, 0.5) is 4.79 Å². The van der Waals surface area contributed by atoms with Gasteiger partial charge < -0.3 is 14.8 Å². The monoisotopic (exact) mass is 242 g/mol. The van der Waals surface area contributed by atoms with Crippen LogP contribution in [-0.2, 0) is 9.47 Å². The maximum Gasteiger partial charge on any atom is 0.408 e. The highest BCUT2D eigenvalue weighted by molar-refractivity contribution is 5.68. The number of alkyl carbamates (subject to hydrolysis) is 1. The van der Waals surface area contributed by atoms with Crippen LogP contribution in [0, 0.1) is 11.3 Å². The lowest BCUT2D eigenvalue weighted by molar-refractivity contribution is -0.0107. The molecule has 5 heteroatoms. The normalized spacial score (nSPS) is 13.7. The van der Waals surface area contributed by atoms with E-state index >= 15 is 0 Å². The quantitative estimate of drug-likeness (QED) is 0.823. The Morgan fingerprint density at radius 3 is 2.12 bits per heavy atom. The van der Waals surface area contributed by atoms with Crippen LogP contribution in [0.25, 0.3) is 0 Å². The third-order valence-corrected chi connectivity index (χ3v) is 1.53. The molecule has 1 unspecified atom stereocenters. The summed E-state index contributed by atoms with van der Waals surface area (Å²) in [6.45, 7) is 11.1. The number of nitriles is 1. The highest BCUT2D eigenvalue weighted by Crippen LogP contribution is 2.08. The minimum Gasteiger partial charge on any atom is -0.444 e. The van der Waals surface area contributed by atoms with E-state index in [9.17, 15) is 4.79 Å². The van der Waals surface area contributed by atoms with E-state index in [0.29, 0.717) is 0 Å². The van der Waals surface area contributed by atoms with Gasteiger partial charge in [0, 0.05) is 0 Å². The van der Waals surface area contributed by atoms with E-state index in [0.717, 1.165) is 0 Å². The van der Waals surface area contributed by atoms with Gasteiger partial charge in [-0.25, -0.2) is 4.79 Å². The van der Waals surface area contributed by atoms with Crippen molar-refractivity contribution in [2.45, 2.75) is 58.8 Å². The van der Waals surface area contributed by atoms with Crippen LogP contribution < -0.4 is 5.32 Å². The van der Waals surface area contributed by atoms with Gasteiger partial charge in [-0.3, -0.25) is 0 Å². The Morgan fingerprint density at radius 1 is 1.24 bits per heavy atom. The fourth-order valence-electron chi connectivity index (χ4n) is 0.894. The molecular formula is C12H22N2O3. The van der Waals surface area contributed by atoms with E-state index in [-0.39, 0.29) is 12.2 Å². The molecule has 0 aromatic rings. The Labute approximate surface area is 103 Å². The van der Waals surface area contributed by atoms with Gasteiger partial charge in [-0.05, 0) is 41.5 Å². The number of rotatable bonds is 3. The lowest BCUT2D eigenvalue weighted by atomic mass is 10.2. The highest BCUT2D eigenvalue weighted by Gasteiger charge is 2.21. The molecule has 1 atom stereocenters. The molecule has 0 fully saturated rings. The molecular weight excluding hydrogens is 220 g/mol. The van der Waals surface area contributed by atoms with Crippen molar-refractivity contribution >= 4 is 6.09 Å². The van der Waals surface area contributed by atoms with Gasteiger partial charge in [-0.15, -0.1) is 0 Å². The van der Waals surface area contributed by atoms with Crippen LogP contribution in [0.2, 0.25) is 0 Å². The van der Waals surface area contributed by atoms with Gasteiger partial charge in [-0.1, -0.05) is 0 Å². The molecule has 0 aliphatic rings. The number of hydrogen-bond donors (Lipinski definition) is 1. The second kappa shape index (κ2) is 5.87. The zero-order valence-corrected chi connectivity index (χ0v) is 11.5. The molecule has 0 saturated carbocycles. The van der Waals surface area contributed by atoms with Crippen LogP contribution in [0.5, 0.6) is 0 Å². The van der Waals surface area contributed by atoms with Gasteiger partial charge in [0.25, 0.3) is 0 Å². The Balaban J connectivity index is 4.15. The minimum atomic E-state index is -0.705. The summed E-state index contributed by atoms with van der Waals surface area (Å²) in [6.07, 6.45) is -0.610. The SMILES string of the molecule is CC(C)(C)OCC(C#N)NC(=O)OC(C)(C)C. The van der Waals surface area contributed by atoms with Gasteiger partial charge in [0.15, 0.2) is 0 Å². The fraction of sp³-hybridized carbons (Fsp3) is 0.833. The van der Waals surface area contributed by atoms with Gasteiger partial charge in [0.05, 0.1) is 18.3 Å². The number of hydrogen-bond acceptors (Lipinski definition) is 4. The van der Waals surface area contributed by atoms with Crippen molar-refractivity contribution in [2.24, 2.45) is 0 Å². The first-order valence-corrected chi connectivity index (χ1v) is 5.56. The molecule has 98 valence electrons. The third kappa shape index (κ3) is 9.64. The standard InChI is InChI=1S/C12H22N2O3/c1-11(2,3)16-8-9(7-13)14-10(15)17-12(4,5)6/h9H,8H2,1-6H3,(H,14,15). The van der Waals surface area contributed by atoms with Crippen LogP contribution in [0.15, 0.2) is 0 Å². The number of ether oxygens (including phenoxy) is 2. The molecule has 0 rings (SSSR count). The van der Waals surface area contributed by atoms with Crippen molar-refractivity contribution in [1.82, 2.24) is 5.32 Å². The molecule has 0 spiro atoms. The number of nitrogens with zero attached hydrogens (tertiary/aromatic N) is 1. The lowest BCUT2D eigenvalue weighted by Gasteiger charge is -2.24. The largest absolute Gasteiger partial charge is 0.444 e. The van der Waals surface area contributed by atoms with Gasteiger partial charge >= 0.3 is 6.09 Å². The molecule has 0 aliphatic heterocycles. The maximum absolute atomic E-state index is 11.4. The molecule has 0 heterocycles. The van der Waals surface area contributed by atoms with Crippen molar-refractivity contribution in [3.05, 3.63) is 0 Å². The second-order valence-electron chi connectivity index (χ2n) is 5.75. The zero-order chi connectivity index (χ0) is 13.7. The second-order valence-corrected chi connectivity index (χ2v) is 5.75. The van der Waals surface area contributed by atoms with Gasteiger partial charge in [-0.2, -0.15) is 5.26 Å².